The fraction of sp³-hybridized carbons (Fsp3) is 0.333. The van der Waals surface area contributed by atoms with E-state index in [0.29, 0.717) is 23.0 Å². The number of rotatable bonds is 10. The summed E-state index contributed by atoms with van der Waals surface area (Å²) in [5.41, 5.74) is 0.914. The Morgan fingerprint density at radius 3 is 1.90 bits per heavy atom. The van der Waals surface area contributed by atoms with Gasteiger partial charge in [-0.05, 0) is 17.7 Å². The molecule has 0 aromatic heterocycles. The molecule has 1 amide bonds. The van der Waals surface area contributed by atoms with Crippen LogP contribution in [0.5, 0.6) is 28.7 Å². The molecule has 9 nitrogen and oxygen atoms in total. The van der Waals surface area contributed by atoms with Gasteiger partial charge in [0.1, 0.15) is 11.3 Å². The van der Waals surface area contributed by atoms with Gasteiger partial charge in [-0.15, -0.1) is 0 Å². The van der Waals surface area contributed by atoms with Gasteiger partial charge in [0, 0.05) is 18.7 Å². The van der Waals surface area contributed by atoms with Crippen molar-refractivity contribution >= 4 is 11.9 Å². The lowest BCUT2D eigenvalue weighted by Crippen LogP contribution is -2.28. The van der Waals surface area contributed by atoms with Gasteiger partial charge >= 0.3 is 5.97 Å². The lowest BCUT2D eigenvalue weighted by Gasteiger charge is -2.13. The Morgan fingerprint density at radius 1 is 0.733 bits per heavy atom. The van der Waals surface area contributed by atoms with Gasteiger partial charge in [0.15, 0.2) is 29.6 Å². The van der Waals surface area contributed by atoms with Crippen molar-refractivity contribution in [2.24, 2.45) is 0 Å². The number of methoxy groups -OCH3 is 5. The Bertz CT molecular complexity index is 897. The molecule has 0 aliphatic heterocycles. The van der Waals surface area contributed by atoms with Crippen LogP contribution in [0.15, 0.2) is 30.3 Å². The molecule has 2 aromatic carbocycles. The van der Waals surface area contributed by atoms with Gasteiger partial charge < -0.3 is 33.7 Å². The van der Waals surface area contributed by atoms with E-state index >= 15 is 0 Å². The maximum atomic E-state index is 12.4. The number of esters is 1. The standard InChI is InChI=1S/C21H25NO8/c1-25-15-7-6-13(8-17(15)27-3)11-22-20(23)12-30-21(24)14-9-18(28-4)19(29-5)10-16(14)26-2/h6-10H,11-12H2,1-5H3,(H,22,23). The minimum absolute atomic E-state index is 0.114. The second-order valence-electron chi connectivity index (χ2n) is 5.95. The molecule has 0 aliphatic rings. The summed E-state index contributed by atoms with van der Waals surface area (Å²) in [5.74, 6) is 0.929. The second kappa shape index (κ2) is 10.8. The first-order chi connectivity index (χ1) is 14.5. The highest BCUT2D eigenvalue weighted by atomic mass is 16.5. The molecule has 0 heterocycles. The van der Waals surface area contributed by atoms with Crippen molar-refractivity contribution in [3.8, 4) is 28.7 Å². The predicted molar refractivity (Wildman–Crippen MR) is 108 cm³/mol. The molecule has 2 rings (SSSR count). The third-order valence-corrected chi connectivity index (χ3v) is 4.20. The van der Waals surface area contributed by atoms with Crippen LogP contribution in [0.1, 0.15) is 15.9 Å². The minimum atomic E-state index is -0.728. The molecule has 0 fully saturated rings. The lowest BCUT2D eigenvalue weighted by molar-refractivity contribution is -0.124. The maximum absolute atomic E-state index is 12.4. The quantitative estimate of drug-likeness (QED) is 0.585. The van der Waals surface area contributed by atoms with E-state index < -0.39 is 18.5 Å². The second-order valence-corrected chi connectivity index (χ2v) is 5.95. The van der Waals surface area contributed by atoms with E-state index in [9.17, 15) is 9.59 Å². The summed E-state index contributed by atoms with van der Waals surface area (Å²) >= 11 is 0. The molecule has 0 saturated heterocycles. The summed E-state index contributed by atoms with van der Waals surface area (Å²) < 4.78 is 31.1. The van der Waals surface area contributed by atoms with Crippen molar-refractivity contribution in [3.63, 3.8) is 0 Å². The minimum Gasteiger partial charge on any atom is -0.496 e. The zero-order valence-corrected chi connectivity index (χ0v) is 17.6. The molecule has 30 heavy (non-hydrogen) atoms. The van der Waals surface area contributed by atoms with Gasteiger partial charge in [-0.25, -0.2) is 4.79 Å². The van der Waals surface area contributed by atoms with Gasteiger partial charge in [0.25, 0.3) is 5.91 Å². The van der Waals surface area contributed by atoms with Gasteiger partial charge in [0.05, 0.1) is 35.5 Å². The van der Waals surface area contributed by atoms with Crippen molar-refractivity contribution in [1.82, 2.24) is 5.32 Å². The fourth-order valence-corrected chi connectivity index (χ4v) is 2.64. The Morgan fingerprint density at radius 2 is 1.30 bits per heavy atom. The number of carbonyl (C=O) groups is 2. The van der Waals surface area contributed by atoms with E-state index in [4.69, 9.17) is 28.4 Å². The predicted octanol–water partition coefficient (Wildman–Crippen LogP) is 2.20. The van der Waals surface area contributed by atoms with Crippen molar-refractivity contribution < 1.29 is 38.0 Å². The molecular weight excluding hydrogens is 394 g/mol. The molecule has 0 radical (unpaired) electrons. The molecule has 2 aromatic rings. The van der Waals surface area contributed by atoms with Crippen LogP contribution in [0.3, 0.4) is 0 Å². The zero-order chi connectivity index (χ0) is 22.1. The van der Waals surface area contributed by atoms with Gasteiger partial charge in [-0.1, -0.05) is 6.07 Å². The van der Waals surface area contributed by atoms with Crippen molar-refractivity contribution in [3.05, 3.63) is 41.5 Å². The number of hydrogen-bond acceptors (Lipinski definition) is 8. The van der Waals surface area contributed by atoms with Crippen LogP contribution >= 0.6 is 0 Å². The van der Waals surface area contributed by atoms with Crippen LogP contribution in [0.25, 0.3) is 0 Å². The highest BCUT2D eigenvalue weighted by Crippen LogP contribution is 2.35. The molecule has 162 valence electrons. The van der Waals surface area contributed by atoms with Gasteiger partial charge in [0.2, 0.25) is 0 Å². The molecule has 1 N–H and O–H groups in total. The number of benzene rings is 2. The Labute approximate surface area is 174 Å². The smallest absolute Gasteiger partial charge is 0.342 e. The fourth-order valence-electron chi connectivity index (χ4n) is 2.64. The normalized spacial score (nSPS) is 10.0. The zero-order valence-electron chi connectivity index (χ0n) is 17.6. The average molecular weight is 419 g/mol. The number of amides is 1. The van der Waals surface area contributed by atoms with Gasteiger partial charge in [-0.2, -0.15) is 0 Å². The molecule has 9 heteroatoms. The van der Waals surface area contributed by atoms with Crippen molar-refractivity contribution in [1.29, 1.82) is 0 Å². The third-order valence-electron chi connectivity index (χ3n) is 4.20. The summed E-state index contributed by atoms with van der Waals surface area (Å²) in [6.45, 7) is -0.222. The summed E-state index contributed by atoms with van der Waals surface area (Å²) in [6, 6.07) is 8.22. The average Bonchev–Trinajstić information content (AvgIpc) is 2.79. The van der Waals surface area contributed by atoms with Crippen LogP contribution in [0, 0.1) is 0 Å². The van der Waals surface area contributed by atoms with E-state index in [2.05, 4.69) is 5.32 Å². The summed E-state index contributed by atoms with van der Waals surface area (Å²) in [4.78, 5) is 24.5. The van der Waals surface area contributed by atoms with Crippen LogP contribution < -0.4 is 29.0 Å². The SMILES string of the molecule is COc1ccc(CNC(=O)COC(=O)c2cc(OC)c(OC)cc2OC)cc1OC. The van der Waals surface area contributed by atoms with E-state index in [1.807, 2.05) is 0 Å². The highest BCUT2D eigenvalue weighted by molar-refractivity contribution is 5.95. The molecule has 0 unspecified atom stereocenters. The largest absolute Gasteiger partial charge is 0.496 e. The third kappa shape index (κ3) is 5.47. The Hall–Kier alpha value is -3.62. The van der Waals surface area contributed by atoms with Crippen molar-refractivity contribution in [2.75, 3.05) is 42.2 Å². The van der Waals surface area contributed by atoms with Crippen LogP contribution in [-0.4, -0.2) is 54.0 Å². The van der Waals surface area contributed by atoms with E-state index in [1.54, 1.807) is 25.3 Å². The summed E-state index contributed by atoms with van der Waals surface area (Å²) in [7, 11) is 7.40. The van der Waals surface area contributed by atoms with E-state index in [0.717, 1.165) is 5.56 Å². The first kappa shape index (κ1) is 22.7. The molecule has 0 spiro atoms. The van der Waals surface area contributed by atoms with E-state index in [1.165, 1.54) is 40.6 Å². The van der Waals surface area contributed by atoms with Crippen LogP contribution in [0.4, 0.5) is 0 Å². The molecule has 0 aliphatic carbocycles. The number of hydrogen-bond donors (Lipinski definition) is 1. The highest BCUT2D eigenvalue weighted by Gasteiger charge is 2.20. The number of carbonyl (C=O) groups excluding carboxylic acids is 2. The Balaban J connectivity index is 1.97. The number of ether oxygens (including phenoxy) is 6. The summed E-state index contributed by atoms with van der Waals surface area (Å²) in [6.07, 6.45) is 0. The molecule has 0 saturated carbocycles. The van der Waals surface area contributed by atoms with Crippen LogP contribution in [0.2, 0.25) is 0 Å². The Kier molecular flexibility index (Phi) is 8.16. The summed E-state index contributed by atoms with van der Waals surface area (Å²) in [5, 5.41) is 2.68. The van der Waals surface area contributed by atoms with E-state index in [-0.39, 0.29) is 17.9 Å². The first-order valence-corrected chi connectivity index (χ1v) is 8.92. The van der Waals surface area contributed by atoms with Crippen LogP contribution in [-0.2, 0) is 16.1 Å². The molecule has 0 bridgehead atoms. The first-order valence-electron chi connectivity index (χ1n) is 8.92. The van der Waals surface area contributed by atoms with Crippen molar-refractivity contribution in [2.45, 2.75) is 6.54 Å². The maximum Gasteiger partial charge on any atom is 0.342 e. The molecular formula is C21H25NO8. The molecule has 0 atom stereocenters. The monoisotopic (exact) mass is 419 g/mol. The number of nitrogens with one attached hydrogen (secondary N) is 1. The topological polar surface area (TPSA) is 102 Å². The lowest BCUT2D eigenvalue weighted by atomic mass is 10.1. The van der Waals surface area contributed by atoms with Gasteiger partial charge in [-0.3, -0.25) is 4.79 Å².